The fourth-order valence-corrected chi connectivity index (χ4v) is 1.71. The topological polar surface area (TPSA) is 59.4 Å². The smallest absolute Gasteiger partial charge is 0.318 e. The second-order valence-corrected chi connectivity index (χ2v) is 4.44. The Kier molecular flexibility index (Phi) is 4.13. The summed E-state index contributed by atoms with van der Waals surface area (Å²) in [6.45, 7) is 4.26. The number of piperidine rings is 1. The monoisotopic (exact) mass is 224 g/mol. The summed E-state index contributed by atoms with van der Waals surface area (Å²) in [5.74, 6) is 0. The third-order valence-corrected chi connectivity index (χ3v) is 3.22. The van der Waals surface area contributed by atoms with Gasteiger partial charge in [-0.25, -0.2) is 4.79 Å². The van der Waals surface area contributed by atoms with Crippen LogP contribution in [0.1, 0.15) is 19.8 Å². The number of nitrogens with one attached hydrogen (secondary N) is 1. The first-order chi connectivity index (χ1) is 7.53. The lowest BCUT2D eigenvalue weighted by Crippen LogP contribution is -2.56. The minimum atomic E-state index is -0.674. The van der Waals surface area contributed by atoms with E-state index >= 15 is 0 Å². The number of likely N-dealkylation sites (tertiary alicyclic amines) is 1. The molecule has 1 saturated heterocycles. The van der Waals surface area contributed by atoms with Crippen LogP contribution < -0.4 is 5.32 Å². The molecule has 1 aliphatic rings. The van der Waals surface area contributed by atoms with Gasteiger partial charge in [-0.15, -0.1) is 0 Å². The summed E-state index contributed by atoms with van der Waals surface area (Å²) in [6.07, 6.45) is 1.40. The normalized spacial score (nSPS) is 19.9. The quantitative estimate of drug-likeness (QED) is 0.748. The molecule has 1 rings (SSSR count). The van der Waals surface area contributed by atoms with E-state index in [4.69, 9.17) is 0 Å². The molecule has 0 aromatic carbocycles. The maximum absolute atomic E-state index is 11.7. The number of nitriles is 1. The van der Waals surface area contributed by atoms with Crippen molar-refractivity contribution < 1.29 is 4.79 Å². The Morgan fingerprint density at radius 1 is 1.56 bits per heavy atom. The van der Waals surface area contributed by atoms with Gasteiger partial charge in [0.25, 0.3) is 0 Å². The molecule has 16 heavy (non-hydrogen) atoms. The molecular formula is C11H20N4O. The lowest BCUT2D eigenvalue weighted by molar-refractivity contribution is 0.171. The first kappa shape index (κ1) is 12.8. The molecule has 0 unspecified atom stereocenters. The molecule has 1 N–H and O–H groups in total. The van der Waals surface area contributed by atoms with Crippen molar-refractivity contribution in [2.75, 3.05) is 33.7 Å². The van der Waals surface area contributed by atoms with Crippen LogP contribution in [0.3, 0.4) is 0 Å². The summed E-state index contributed by atoms with van der Waals surface area (Å²) in [4.78, 5) is 15.5. The maximum Gasteiger partial charge on any atom is 0.318 e. The highest BCUT2D eigenvalue weighted by Gasteiger charge is 2.35. The minimum Gasteiger partial charge on any atom is -0.328 e. The molecule has 0 aliphatic carbocycles. The molecule has 0 radical (unpaired) electrons. The number of nitrogens with zero attached hydrogens (tertiary/aromatic N) is 3. The first-order valence-corrected chi connectivity index (χ1v) is 5.66. The molecule has 2 amide bonds. The van der Waals surface area contributed by atoms with E-state index < -0.39 is 5.54 Å². The fraction of sp³-hybridized carbons (Fsp3) is 0.818. The molecule has 5 nitrogen and oxygen atoms in total. The highest BCUT2D eigenvalue weighted by atomic mass is 16.2. The van der Waals surface area contributed by atoms with Crippen LogP contribution in [-0.2, 0) is 0 Å². The van der Waals surface area contributed by atoms with E-state index in [1.807, 2.05) is 14.0 Å². The Morgan fingerprint density at radius 2 is 2.12 bits per heavy atom. The lowest BCUT2D eigenvalue weighted by Gasteiger charge is -2.36. The number of amides is 2. The van der Waals surface area contributed by atoms with Gasteiger partial charge in [0.15, 0.2) is 0 Å². The van der Waals surface area contributed by atoms with Crippen LogP contribution >= 0.6 is 0 Å². The predicted molar refractivity (Wildman–Crippen MR) is 61.9 cm³/mol. The third-order valence-electron chi connectivity index (χ3n) is 3.22. The van der Waals surface area contributed by atoms with Crippen molar-refractivity contribution in [1.29, 1.82) is 5.26 Å². The summed E-state index contributed by atoms with van der Waals surface area (Å²) in [7, 11) is 3.76. The molecule has 0 aromatic rings. The zero-order valence-electron chi connectivity index (χ0n) is 10.3. The molecule has 5 heteroatoms. The van der Waals surface area contributed by atoms with Crippen molar-refractivity contribution in [3.8, 4) is 6.07 Å². The van der Waals surface area contributed by atoms with Crippen molar-refractivity contribution in [1.82, 2.24) is 15.1 Å². The Balaban J connectivity index is 2.62. The van der Waals surface area contributed by atoms with Crippen LogP contribution in [0, 0.1) is 11.3 Å². The Morgan fingerprint density at radius 3 is 2.56 bits per heavy atom. The standard InChI is InChI=1S/C11H20N4O/c1-4-15(3)10(16)13-11(9-12)5-7-14(2)8-6-11/h4-8H2,1-3H3,(H,13,16). The van der Waals surface area contributed by atoms with Crippen LogP contribution in [0.2, 0.25) is 0 Å². The summed E-state index contributed by atoms with van der Waals surface area (Å²) < 4.78 is 0. The molecule has 90 valence electrons. The van der Waals surface area contributed by atoms with E-state index in [0.29, 0.717) is 19.4 Å². The molecule has 1 aliphatic heterocycles. The highest BCUT2D eigenvalue weighted by molar-refractivity contribution is 5.75. The van der Waals surface area contributed by atoms with Gasteiger partial charge >= 0.3 is 6.03 Å². The molecule has 0 aromatic heterocycles. The van der Waals surface area contributed by atoms with Crippen molar-refractivity contribution in [3.05, 3.63) is 0 Å². The van der Waals surface area contributed by atoms with Gasteiger partial charge in [-0.1, -0.05) is 0 Å². The maximum atomic E-state index is 11.7. The average molecular weight is 224 g/mol. The molecule has 0 spiro atoms. The van der Waals surface area contributed by atoms with Gasteiger partial charge in [0, 0.05) is 26.7 Å². The van der Waals surface area contributed by atoms with Gasteiger partial charge in [-0.3, -0.25) is 0 Å². The molecule has 0 atom stereocenters. The third kappa shape index (κ3) is 2.86. The van der Waals surface area contributed by atoms with Gasteiger partial charge < -0.3 is 15.1 Å². The lowest BCUT2D eigenvalue weighted by atomic mass is 9.89. The molecule has 1 heterocycles. The number of rotatable bonds is 2. The molecular weight excluding hydrogens is 204 g/mol. The summed E-state index contributed by atoms with van der Waals surface area (Å²) in [6, 6.07) is 2.10. The van der Waals surface area contributed by atoms with Crippen LogP contribution in [0.15, 0.2) is 0 Å². The Labute approximate surface area is 97.0 Å². The van der Waals surface area contributed by atoms with E-state index in [-0.39, 0.29) is 6.03 Å². The number of carbonyl (C=O) groups is 1. The number of carbonyl (C=O) groups excluding carboxylic acids is 1. The number of hydrogen-bond donors (Lipinski definition) is 1. The van der Waals surface area contributed by atoms with Crippen LogP contribution in [0.5, 0.6) is 0 Å². The van der Waals surface area contributed by atoms with Gasteiger partial charge in [-0.2, -0.15) is 5.26 Å². The number of urea groups is 1. The van der Waals surface area contributed by atoms with Gasteiger partial charge in [0.2, 0.25) is 0 Å². The summed E-state index contributed by atoms with van der Waals surface area (Å²) in [5, 5.41) is 12.1. The van der Waals surface area contributed by atoms with E-state index in [1.54, 1.807) is 11.9 Å². The predicted octanol–water partition coefficient (Wildman–Crippen LogP) is 0.636. The van der Waals surface area contributed by atoms with Crippen LogP contribution in [0.4, 0.5) is 4.79 Å². The van der Waals surface area contributed by atoms with E-state index in [1.165, 1.54) is 0 Å². The molecule has 1 fully saturated rings. The van der Waals surface area contributed by atoms with E-state index in [2.05, 4.69) is 16.3 Å². The largest absolute Gasteiger partial charge is 0.328 e. The Bertz CT molecular complexity index is 289. The zero-order chi connectivity index (χ0) is 12.2. The van der Waals surface area contributed by atoms with Crippen molar-refractivity contribution in [3.63, 3.8) is 0 Å². The number of hydrogen-bond acceptors (Lipinski definition) is 3. The zero-order valence-corrected chi connectivity index (χ0v) is 10.3. The summed E-state index contributed by atoms with van der Waals surface area (Å²) in [5.41, 5.74) is -0.674. The molecule has 0 bridgehead atoms. The molecule has 0 saturated carbocycles. The van der Waals surface area contributed by atoms with Crippen molar-refractivity contribution in [2.24, 2.45) is 0 Å². The Hall–Kier alpha value is -1.28. The van der Waals surface area contributed by atoms with Crippen molar-refractivity contribution >= 4 is 6.03 Å². The van der Waals surface area contributed by atoms with Crippen LogP contribution in [0.25, 0.3) is 0 Å². The van der Waals surface area contributed by atoms with Crippen LogP contribution in [-0.4, -0.2) is 55.1 Å². The SMILES string of the molecule is CCN(C)C(=O)NC1(C#N)CCN(C)CC1. The highest BCUT2D eigenvalue weighted by Crippen LogP contribution is 2.20. The van der Waals surface area contributed by atoms with Gasteiger partial charge in [0.05, 0.1) is 6.07 Å². The second kappa shape index (κ2) is 5.17. The van der Waals surface area contributed by atoms with E-state index in [0.717, 1.165) is 13.1 Å². The van der Waals surface area contributed by atoms with Crippen molar-refractivity contribution in [2.45, 2.75) is 25.3 Å². The van der Waals surface area contributed by atoms with E-state index in [9.17, 15) is 10.1 Å². The van der Waals surface area contributed by atoms with Gasteiger partial charge in [-0.05, 0) is 26.8 Å². The first-order valence-electron chi connectivity index (χ1n) is 5.66. The average Bonchev–Trinajstić information content (AvgIpc) is 2.31. The minimum absolute atomic E-state index is 0.159. The van der Waals surface area contributed by atoms with Gasteiger partial charge in [0.1, 0.15) is 5.54 Å². The fourth-order valence-electron chi connectivity index (χ4n) is 1.71. The second-order valence-electron chi connectivity index (χ2n) is 4.44. The summed E-state index contributed by atoms with van der Waals surface area (Å²) >= 11 is 0.